The Bertz CT molecular complexity index is 629. The molecule has 0 saturated carbocycles. The smallest absolute Gasteiger partial charge is 0.231 e. The summed E-state index contributed by atoms with van der Waals surface area (Å²) >= 11 is 0. The van der Waals surface area contributed by atoms with Crippen LogP contribution in [0.4, 0.5) is 0 Å². The summed E-state index contributed by atoms with van der Waals surface area (Å²) in [6.45, 7) is 3.31. The maximum atomic E-state index is 11.6. The number of rotatable bonds is 19. The fourth-order valence-electron chi connectivity index (χ4n) is 2.44. The van der Waals surface area contributed by atoms with E-state index in [1.54, 1.807) is 0 Å². The van der Waals surface area contributed by atoms with Gasteiger partial charge < -0.3 is 16.4 Å². The van der Waals surface area contributed by atoms with Gasteiger partial charge in [-0.05, 0) is 44.9 Å². The number of nitrogens with two attached hydrogens (primary N) is 1. The number of hydrogen-bond acceptors (Lipinski definition) is 3. The van der Waals surface area contributed by atoms with Gasteiger partial charge in [-0.3, -0.25) is 9.59 Å². The molecule has 0 aliphatic carbocycles. The zero-order valence-electron chi connectivity index (χ0n) is 19.1. The summed E-state index contributed by atoms with van der Waals surface area (Å²) in [7, 11) is 0. The van der Waals surface area contributed by atoms with Gasteiger partial charge in [-0.25, -0.2) is 0 Å². The van der Waals surface area contributed by atoms with Crippen LogP contribution in [0.3, 0.4) is 0 Å². The molecule has 0 aromatic rings. The van der Waals surface area contributed by atoms with E-state index in [9.17, 15) is 9.59 Å². The van der Waals surface area contributed by atoms with Crippen LogP contribution in [-0.4, -0.2) is 31.4 Å². The topological polar surface area (TPSA) is 84.2 Å². The summed E-state index contributed by atoms with van der Waals surface area (Å²) in [4.78, 5) is 22.2. The Morgan fingerprint density at radius 1 is 0.677 bits per heavy atom. The van der Waals surface area contributed by atoms with Crippen molar-refractivity contribution in [3.05, 3.63) is 72.9 Å². The van der Waals surface area contributed by atoms with E-state index in [0.717, 1.165) is 44.9 Å². The largest absolute Gasteiger partial charge is 0.369 e. The van der Waals surface area contributed by atoms with Crippen LogP contribution in [0.25, 0.3) is 0 Å². The Hall–Kier alpha value is -2.66. The third-order valence-electron chi connectivity index (χ3n) is 4.06. The number of hydrogen-bond donors (Lipinski definition) is 3. The molecule has 0 fully saturated rings. The molecule has 0 aliphatic rings. The van der Waals surface area contributed by atoms with Gasteiger partial charge in [0.1, 0.15) is 0 Å². The highest BCUT2D eigenvalue weighted by Crippen LogP contribution is 1.97. The molecule has 5 heteroatoms. The van der Waals surface area contributed by atoms with Crippen LogP contribution in [0.5, 0.6) is 0 Å². The van der Waals surface area contributed by atoms with Crippen LogP contribution in [0.2, 0.25) is 0 Å². The summed E-state index contributed by atoms with van der Waals surface area (Å²) in [6, 6.07) is 0. The molecule has 172 valence electrons. The Kier molecular flexibility index (Phi) is 21.6. The van der Waals surface area contributed by atoms with E-state index in [-0.39, 0.29) is 12.5 Å². The number of amides is 2. The third-order valence-corrected chi connectivity index (χ3v) is 4.06. The summed E-state index contributed by atoms with van der Waals surface area (Å²) in [5, 5.41) is 5.64. The number of carbonyl (C=O) groups is 2. The molecule has 31 heavy (non-hydrogen) atoms. The van der Waals surface area contributed by atoms with Crippen molar-refractivity contribution in [1.29, 1.82) is 0 Å². The Labute approximate surface area is 188 Å². The van der Waals surface area contributed by atoms with Crippen LogP contribution in [0, 0.1) is 0 Å². The summed E-state index contributed by atoms with van der Waals surface area (Å²) in [5.74, 6) is -0.385. The standard InChI is InChI=1S/C26H41N3O2/c1-2-3-4-5-6-7-8-9-10-11-12-13-14-15-16-17-18-19-20-21-26(31)29-23-22-28-24-25(27)30/h3-4,6-7,9-10,12-13,15-16,18-19,28H,2,5,8,11,14,17,20-24H2,1H3,(H2,27,30)(H,29,31)/b4-3-,7-6-,10-9-,13-12-,16-15-,19-18-. The molecule has 4 N–H and O–H groups in total. The first-order chi connectivity index (χ1) is 15.2. The van der Waals surface area contributed by atoms with Crippen LogP contribution in [0.1, 0.15) is 58.3 Å². The monoisotopic (exact) mass is 427 g/mol. The molecule has 0 saturated heterocycles. The first kappa shape index (κ1) is 28.3. The molecule has 0 aromatic heterocycles. The maximum absolute atomic E-state index is 11.6. The van der Waals surface area contributed by atoms with Crippen molar-refractivity contribution < 1.29 is 9.59 Å². The van der Waals surface area contributed by atoms with Crippen LogP contribution < -0.4 is 16.4 Å². The normalized spacial score (nSPS) is 12.5. The predicted molar refractivity (Wildman–Crippen MR) is 133 cm³/mol. The average Bonchev–Trinajstić information content (AvgIpc) is 2.75. The van der Waals surface area contributed by atoms with Gasteiger partial charge in [0, 0.05) is 19.5 Å². The van der Waals surface area contributed by atoms with Gasteiger partial charge in [0.05, 0.1) is 6.54 Å². The van der Waals surface area contributed by atoms with Crippen molar-refractivity contribution >= 4 is 11.8 Å². The fraction of sp³-hybridized carbons (Fsp3) is 0.462. The van der Waals surface area contributed by atoms with E-state index in [1.165, 1.54) is 0 Å². The molecular formula is C26H41N3O2. The van der Waals surface area contributed by atoms with Crippen LogP contribution in [-0.2, 0) is 9.59 Å². The molecular weight excluding hydrogens is 386 g/mol. The lowest BCUT2D eigenvalue weighted by molar-refractivity contribution is -0.121. The van der Waals surface area contributed by atoms with Gasteiger partial charge in [-0.1, -0.05) is 79.8 Å². The Morgan fingerprint density at radius 2 is 1.13 bits per heavy atom. The summed E-state index contributed by atoms with van der Waals surface area (Å²) in [6.07, 6.45) is 33.1. The number of carbonyl (C=O) groups excluding carboxylic acids is 2. The van der Waals surface area contributed by atoms with Gasteiger partial charge in [-0.15, -0.1) is 0 Å². The van der Waals surface area contributed by atoms with Crippen molar-refractivity contribution in [1.82, 2.24) is 10.6 Å². The van der Waals surface area contributed by atoms with Crippen LogP contribution in [0.15, 0.2) is 72.9 Å². The second kappa shape index (κ2) is 23.6. The zero-order chi connectivity index (χ0) is 22.8. The number of primary amides is 1. The molecule has 2 amide bonds. The molecule has 0 radical (unpaired) electrons. The molecule has 0 atom stereocenters. The van der Waals surface area contributed by atoms with E-state index < -0.39 is 5.91 Å². The quantitative estimate of drug-likeness (QED) is 0.207. The lowest BCUT2D eigenvalue weighted by Gasteiger charge is -2.04. The first-order valence-corrected chi connectivity index (χ1v) is 11.3. The fourth-order valence-corrected chi connectivity index (χ4v) is 2.44. The van der Waals surface area contributed by atoms with Gasteiger partial charge in [0.15, 0.2) is 0 Å². The SMILES string of the molecule is CC/C=C\C/C=C\C/C=C\C/C=C\C/C=C\C/C=C\CCC(=O)NCCNCC(N)=O. The van der Waals surface area contributed by atoms with E-state index in [0.29, 0.717) is 19.5 Å². The highest BCUT2D eigenvalue weighted by molar-refractivity contribution is 5.76. The van der Waals surface area contributed by atoms with Gasteiger partial charge in [0.2, 0.25) is 11.8 Å². The molecule has 5 nitrogen and oxygen atoms in total. The molecule has 0 spiro atoms. The van der Waals surface area contributed by atoms with Crippen molar-refractivity contribution in [3.63, 3.8) is 0 Å². The minimum atomic E-state index is -0.399. The third kappa shape index (κ3) is 25.3. The van der Waals surface area contributed by atoms with E-state index in [2.05, 4.69) is 84.4 Å². The van der Waals surface area contributed by atoms with E-state index >= 15 is 0 Å². The number of nitrogens with one attached hydrogen (secondary N) is 2. The summed E-state index contributed by atoms with van der Waals surface area (Å²) in [5.41, 5.74) is 5.01. The van der Waals surface area contributed by atoms with Crippen molar-refractivity contribution in [2.75, 3.05) is 19.6 Å². The zero-order valence-corrected chi connectivity index (χ0v) is 19.1. The van der Waals surface area contributed by atoms with E-state index in [1.807, 2.05) is 6.08 Å². The first-order valence-electron chi connectivity index (χ1n) is 11.3. The minimum absolute atomic E-state index is 0.0143. The number of allylic oxidation sites excluding steroid dienone is 12. The average molecular weight is 428 g/mol. The Morgan fingerprint density at radius 3 is 1.58 bits per heavy atom. The highest BCUT2D eigenvalue weighted by Gasteiger charge is 1.98. The predicted octanol–water partition coefficient (Wildman–Crippen LogP) is 4.66. The lowest BCUT2D eigenvalue weighted by atomic mass is 10.2. The van der Waals surface area contributed by atoms with E-state index in [4.69, 9.17) is 5.73 Å². The molecule has 0 bridgehead atoms. The van der Waals surface area contributed by atoms with Crippen LogP contribution >= 0.6 is 0 Å². The van der Waals surface area contributed by atoms with Gasteiger partial charge in [0.25, 0.3) is 0 Å². The molecule has 0 aliphatic heterocycles. The maximum Gasteiger partial charge on any atom is 0.231 e. The molecule has 0 rings (SSSR count). The van der Waals surface area contributed by atoms with Crippen molar-refractivity contribution in [2.24, 2.45) is 5.73 Å². The second-order valence-electron chi connectivity index (χ2n) is 6.95. The second-order valence-corrected chi connectivity index (χ2v) is 6.95. The lowest BCUT2D eigenvalue weighted by Crippen LogP contribution is -2.35. The van der Waals surface area contributed by atoms with Crippen molar-refractivity contribution in [3.8, 4) is 0 Å². The minimum Gasteiger partial charge on any atom is -0.369 e. The molecule has 0 aromatic carbocycles. The molecule has 0 heterocycles. The van der Waals surface area contributed by atoms with Crippen molar-refractivity contribution in [2.45, 2.75) is 58.3 Å². The molecule has 0 unspecified atom stereocenters. The summed E-state index contributed by atoms with van der Waals surface area (Å²) < 4.78 is 0. The highest BCUT2D eigenvalue weighted by atomic mass is 16.2. The van der Waals surface area contributed by atoms with Gasteiger partial charge >= 0.3 is 0 Å². The Balaban J connectivity index is 3.55. The van der Waals surface area contributed by atoms with Gasteiger partial charge in [-0.2, -0.15) is 0 Å².